The van der Waals surface area contributed by atoms with Crippen LogP contribution in [0.4, 0.5) is 0 Å². The van der Waals surface area contributed by atoms with Gasteiger partial charge in [0.15, 0.2) is 6.04 Å². The fraction of sp³-hybridized carbons (Fsp3) is 0.650. The number of rotatable bonds is 22. The molecule has 11 atom stereocenters. The van der Waals surface area contributed by atoms with E-state index in [0.29, 0.717) is 31.4 Å². The number of carboxylic acids is 1. The summed E-state index contributed by atoms with van der Waals surface area (Å²) in [5.41, 5.74) is 6.05. The molecule has 14 N–H and O–H groups in total. The highest BCUT2D eigenvalue weighted by atomic mass is 127. The summed E-state index contributed by atoms with van der Waals surface area (Å²) in [4.78, 5) is 111. The number of nitrogens with zero attached hydrogens (tertiary/aromatic N) is 3. The van der Waals surface area contributed by atoms with Crippen molar-refractivity contribution in [2.75, 3.05) is 39.4 Å². The molecular weight excluding hydrogens is 973 g/mol. The maximum absolute atomic E-state index is 14.5. The second-order valence-corrected chi connectivity index (χ2v) is 17.0. The molecule has 25 heteroatoms. The number of likely N-dealkylation sites (tertiary alicyclic amines) is 3. The monoisotopic (exact) mass is 1030 g/mol. The minimum Gasteiger partial charge on any atom is -0.508 e. The molecule has 0 saturated carbocycles. The molecule has 7 amide bonds. The van der Waals surface area contributed by atoms with Crippen molar-refractivity contribution in [3.63, 3.8) is 0 Å². The highest BCUT2D eigenvalue weighted by Gasteiger charge is 2.48. The van der Waals surface area contributed by atoms with Gasteiger partial charge in [0, 0.05) is 61.8 Å². The van der Waals surface area contributed by atoms with E-state index >= 15 is 0 Å². The molecular formula is C40H60IN9O15. The van der Waals surface area contributed by atoms with Crippen LogP contribution in [0.5, 0.6) is 5.75 Å². The summed E-state index contributed by atoms with van der Waals surface area (Å²) in [7, 11) is 0. The van der Waals surface area contributed by atoms with Crippen LogP contribution in [0.25, 0.3) is 0 Å². The van der Waals surface area contributed by atoms with E-state index in [2.05, 4.69) is 24.8 Å². The van der Waals surface area contributed by atoms with Crippen LogP contribution in [0.2, 0.25) is 0 Å². The zero-order valence-electron chi connectivity index (χ0n) is 35.8. The number of nitrogens with one attached hydrogen (secondary N) is 5. The van der Waals surface area contributed by atoms with Crippen LogP contribution in [0.15, 0.2) is 24.3 Å². The van der Waals surface area contributed by atoms with Gasteiger partial charge >= 0.3 is 5.97 Å². The molecule has 3 aliphatic rings. The van der Waals surface area contributed by atoms with Crippen LogP contribution in [-0.2, 0) is 44.8 Å². The molecule has 4 rings (SSSR count). The molecule has 24 nitrogen and oxygen atoms in total. The summed E-state index contributed by atoms with van der Waals surface area (Å²) >= 11 is 1.70. The van der Waals surface area contributed by atoms with Gasteiger partial charge in [0.05, 0.1) is 31.5 Å². The van der Waals surface area contributed by atoms with Crippen molar-refractivity contribution in [3.05, 3.63) is 29.8 Å². The summed E-state index contributed by atoms with van der Waals surface area (Å²) in [5, 5.41) is 80.3. The molecule has 3 aliphatic heterocycles. The molecule has 0 aromatic heterocycles. The first-order chi connectivity index (χ1) is 30.8. The van der Waals surface area contributed by atoms with Crippen LogP contribution in [-0.4, -0.2) is 204 Å². The van der Waals surface area contributed by atoms with Crippen molar-refractivity contribution < 1.29 is 74.1 Å². The zero-order valence-corrected chi connectivity index (χ0v) is 37.9. The number of aromatic hydroxyl groups is 1. The number of aliphatic carboxylic acids is 1. The van der Waals surface area contributed by atoms with E-state index in [1.807, 2.05) is 0 Å². The van der Waals surface area contributed by atoms with E-state index in [0.717, 1.165) is 16.7 Å². The Morgan fingerprint density at radius 2 is 1.32 bits per heavy atom. The number of aliphatic hydroxyl groups is 5. The van der Waals surface area contributed by atoms with Gasteiger partial charge in [0.1, 0.15) is 48.0 Å². The third-order valence-electron chi connectivity index (χ3n) is 11.6. The van der Waals surface area contributed by atoms with Crippen molar-refractivity contribution in [1.82, 2.24) is 39.5 Å². The summed E-state index contributed by atoms with van der Waals surface area (Å²) in [6, 6.07) is -5.48. The number of phenols is 1. The number of carboxylic acid groups (broad SMARTS) is 1. The molecule has 3 saturated heterocycles. The van der Waals surface area contributed by atoms with Crippen molar-refractivity contribution in [3.8, 4) is 5.75 Å². The zero-order chi connectivity index (χ0) is 48.1. The Labute approximate surface area is 388 Å². The minimum atomic E-state index is -1.74. The average molecular weight is 1030 g/mol. The van der Waals surface area contributed by atoms with Crippen LogP contribution >= 0.6 is 22.9 Å². The minimum absolute atomic E-state index is 0.109. The normalized spacial score (nSPS) is 23.4. The smallest absolute Gasteiger partial charge is 0.328 e. The first kappa shape index (κ1) is 52.9. The molecule has 0 aliphatic carbocycles. The SMILES string of the molecule is C[C@@H](O)[C@H](NC(=O)[C@@H]1C[C@@H](O)CN1C(=O)[C@@H]1C[C@@H](O)CN1C(=O)[C@H](Cc1ccc(O)cc1)NC(=O)[C@H](CO)NC(=O)[C@@H]1CCCN1C(=O)[C@H](CCCCN)NC(=O)[C@H](CO)NI)C(=O)O. The summed E-state index contributed by atoms with van der Waals surface area (Å²) in [6.07, 6.45) is -3.18. The van der Waals surface area contributed by atoms with Crippen LogP contribution in [0.3, 0.4) is 0 Å². The first-order valence-electron chi connectivity index (χ1n) is 21.3. The largest absolute Gasteiger partial charge is 0.508 e. The molecule has 362 valence electrons. The molecule has 65 heavy (non-hydrogen) atoms. The molecule has 3 fully saturated rings. The highest BCUT2D eigenvalue weighted by molar-refractivity contribution is 14.1. The fourth-order valence-corrected chi connectivity index (χ4v) is 8.60. The number of β-amino-alcohol motifs (C(OH)–C–C–N with tert-alkyl or cyclic N) is 2. The van der Waals surface area contributed by atoms with Gasteiger partial charge in [-0.25, -0.2) is 8.32 Å². The number of unbranched alkanes of at least 4 members (excludes halogenated alkanes) is 1. The Morgan fingerprint density at radius 1 is 0.754 bits per heavy atom. The predicted octanol–water partition coefficient (Wildman–Crippen LogP) is -5.32. The maximum atomic E-state index is 14.5. The highest BCUT2D eigenvalue weighted by Crippen LogP contribution is 2.27. The van der Waals surface area contributed by atoms with Gasteiger partial charge in [-0.05, 0) is 63.3 Å². The van der Waals surface area contributed by atoms with Crippen LogP contribution < -0.4 is 30.5 Å². The molecule has 0 radical (unpaired) electrons. The number of nitrogens with two attached hydrogens (primary N) is 1. The number of carbonyl (C=O) groups excluding carboxylic acids is 7. The number of hydrogen-bond donors (Lipinski definition) is 13. The van der Waals surface area contributed by atoms with Crippen molar-refractivity contribution in [2.24, 2.45) is 5.73 Å². The lowest BCUT2D eigenvalue weighted by atomic mass is 10.0. The van der Waals surface area contributed by atoms with Gasteiger partial charge in [0.25, 0.3) is 0 Å². The first-order valence-corrected chi connectivity index (χ1v) is 22.4. The van der Waals surface area contributed by atoms with Crippen LogP contribution in [0, 0.1) is 0 Å². The molecule has 0 unspecified atom stereocenters. The van der Waals surface area contributed by atoms with E-state index < -0.39 is 140 Å². The van der Waals surface area contributed by atoms with Gasteiger partial charge in [-0.15, -0.1) is 0 Å². The molecule has 1 aromatic carbocycles. The Morgan fingerprint density at radius 3 is 1.91 bits per heavy atom. The number of carbonyl (C=O) groups is 8. The van der Waals surface area contributed by atoms with Gasteiger partial charge in [-0.3, -0.25) is 33.6 Å². The summed E-state index contributed by atoms with van der Waals surface area (Å²) in [6.45, 7) is -0.729. The number of phenolic OH excluding ortho intramolecular Hbond substituents is 1. The third kappa shape index (κ3) is 13.9. The van der Waals surface area contributed by atoms with Crippen molar-refractivity contribution >= 4 is 70.2 Å². The van der Waals surface area contributed by atoms with Crippen molar-refractivity contribution in [1.29, 1.82) is 0 Å². The molecule has 0 bridgehead atoms. The van der Waals surface area contributed by atoms with Crippen molar-refractivity contribution in [2.45, 2.75) is 125 Å². The Bertz CT molecular complexity index is 1860. The summed E-state index contributed by atoms with van der Waals surface area (Å²) in [5.74, 6) is -7.52. The maximum Gasteiger partial charge on any atom is 0.328 e. The van der Waals surface area contributed by atoms with E-state index in [1.54, 1.807) is 22.9 Å². The number of amides is 7. The van der Waals surface area contributed by atoms with Gasteiger partial charge < -0.3 is 77.4 Å². The van der Waals surface area contributed by atoms with E-state index in [1.165, 1.54) is 29.2 Å². The lowest BCUT2D eigenvalue weighted by molar-refractivity contribution is -0.149. The molecule has 3 heterocycles. The number of hydrogen-bond acceptors (Lipinski definition) is 16. The lowest BCUT2D eigenvalue weighted by Crippen LogP contribution is -2.60. The summed E-state index contributed by atoms with van der Waals surface area (Å²) < 4.78 is 2.62. The van der Waals surface area contributed by atoms with Gasteiger partial charge in [-0.2, -0.15) is 0 Å². The second kappa shape index (κ2) is 24.7. The van der Waals surface area contributed by atoms with E-state index in [4.69, 9.17) is 5.73 Å². The number of benzene rings is 1. The molecule has 1 aromatic rings. The van der Waals surface area contributed by atoms with Gasteiger partial charge in [-0.1, -0.05) is 12.1 Å². The fourth-order valence-electron chi connectivity index (χ4n) is 8.12. The number of aliphatic hydroxyl groups excluding tert-OH is 5. The quantitative estimate of drug-likeness (QED) is 0.0293. The number of halogens is 1. The Hall–Kier alpha value is -4.77. The Balaban J connectivity index is 1.54. The third-order valence-corrected chi connectivity index (χ3v) is 12.3. The van der Waals surface area contributed by atoms with E-state index in [9.17, 15) is 74.1 Å². The van der Waals surface area contributed by atoms with Gasteiger partial charge in [0.2, 0.25) is 41.4 Å². The lowest BCUT2D eigenvalue weighted by Gasteiger charge is -2.33. The second-order valence-electron chi connectivity index (χ2n) is 16.4. The predicted molar refractivity (Wildman–Crippen MR) is 234 cm³/mol. The van der Waals surface area contributed by atoms with E-state index in [-0.39, 0.29) is 44.4 Å². The molecule has 0 spiro atoms. The van der Waals surface area contributed by atoms with Crippen LogP contribution in [0.1, 0.15) is 57.4 Å². The standard InChI is InChI=1S/C40H60IN9O15/c1-20(53)32(40(64)65)46-36(60)30-14-23(55)16-49(30)39(63)31-15-24(56)17-50(31)38(62)26(13-21-7-9-22(54)10-8-21)44-33(57)27(18-51)45-35(59)29-6-4-12-48(29)37(61)25(5-2-3-11-42)43-34(58)28(19-52)47-41/h7-10,20,23-32,47,51-56H,2-6,11-19,42H2,1H3,(H,43,58)(H,44,57)(H,45,59)(H,46,60)(H,64,65)/t20-,23-,24-,25+,26+,27+,28+,29+,30+,31+,32+/m1/s1. The average Bonchev–Trinajstić information content (AvgIpc) is 4.03. The Kier molecular flexibility index (Phi) is 20.1. The topological polar surface area (TPSA) is 374 Å².